The van der Waals surface area contributed by atoms with Gasteiger partial charge in [-0.05, 0) is 41.5 Å². The predicted molar refractivity (Wildman–Crippen MR) is 179 cm³/mol. The molecule has 2 aromatic heterocycles. The lowest BCUT2D eigenvalue weighted by Crippen LogP contribution is -2.52. The van der Waals surface area contributed by atoms with Crippen molar-refractivity contribution in [1.82, 2.24) is 0 Å². The monoisotopic (exact) mass is 592 g/mol. The molecule has 6 heteroatoms. The van der Waals surface area contributed by atoms with Gasteiger partial charge in [0.2, 0.25) is 0 Å². The van der Waals surface area contributed by atoms with Gasteiger partial charge in [-0.2, -0.15) is 0 Å². The number of benzene rings is 3. The van der Waals surface area contributed by atoms with E-state index in [4.69, 9.17) is 0 Å². The van der Waals surface area contributed by atoms with Crippen LogP contribution in [0.25, 0.3) is 31.0 Å². The average molecular weight is 593 g/mol. The van der Waals surface area contributed by atoms with Crippen LogP contribution in [0.15, 0.2) is 96.7 Å². The topological polar surface area (TPSA) is 46.9 Å². The summed E-state index contributed by atoms with van der Waals surface area (Å²) in [6.45, 7) is 4.44. The molecule has 2 aliphatic rings. The molecule has 2 unspecified atom stereocenters. The van der Waals surface area contributed by atoms with Crippen LogP contribution in [0.5, 0.6) is 0 Å². The minimum Gasteiger partial charge on any atom is -0.392 e. The molecule has 0 saturated heterocycles. The van der Waals surface area contributed by atoms with Crippen LogP contribution >= 0.6 is 22.7 Å². The smallest absolute Gasteiger partial charge is 0.0730 e. The fourth-order valence-corrected chi connectivity index (χ4v) is 9.41. The number of anilines is 2. The number of nitrogens with zero attached hydrogens (tertiary/aromatic N) is 2. The van der Waals surface area contributed by atoms with E-state index in [1.165, 1.54) is 47.9 Å². The van der Waals surface area contributed by atoms with E-state index >= 15 is 0 Å². The molecule has 2 N–H and O–H groups in total. The molecule has 1 aliphatic heterocycles. The Balaban J connectivity index is 1.18. The molecule has 0 bridgehead atoms. The fourth-order valence-electron chi connectivity index (χ4n) is 6.81. The third kappa shape index (κ3) is 4.15. The van der Waals surface area contributed by atoms with E-state index in [-0.39, 0.29) is 17.3 Å². The maximum atomic E-state index is 11.4. The number of thiophene rings is 2. The Kier molecular flexibility index (Phi) is 6.59. The summed E-state index contributed by atoms with van der Waals surface area (Å²) in [5, 5.41) is 25.2. The number of likely N-dealkylation sites (N-methyl/N-ethyl adjacent to an activating group) is 1. The Morgan fingerprint density at radius 2 is 1.43 bits per heavy atom. The van der Waals surface area contributed by atoms with E-state index in [1.54, 1.807) is 11.3 Å². The van der Waals surface area contributed by atoms with Crippen LogP contribution in [0.3, 0.4) is 0 Å². The summed E-state index contributed by atoms with van der Waals surface area (Å²) in [6.07, 6.45) is 0.858. The number of aliphatic hydroxyl groups is 2. The van der Waals surface area contributed by atoms with Crippen molar-refractivity contribution in [3.8, 4) is 20.2 Å². The number of fused-ring (bicyclic) bond motifs is 2. The standard InChI is InChI=1S/C36H36N2O2S2/c1-36(2)26-12-8-9-13-27(26)38(5)30(36)20-25-32(39)31(33(25)40)28-18-19-29(41-28)35-24-11-7-6-10-23(24)34(42-35)21-14-16-22(17-15-21)37(3)4/h6-20,25,31-33,39-40H,1-5H3. The van der Waals surface area contributed by atoms with Gasteiger partial charge in [-0.1, -0.05) is 74.5 Å². The van der Waals surface area contributed by atoms with E-state index < -0.39 is 12.2 Å². The van der Waals surface area contributed by atoms with Gasteiger partial charge in [0.1, 0.15) is 0 Å². The molecule has 4 nitrogen and oxygen atoms in total. The van der Waals surface area contributed by atoms with E-state index in [1.807, 2.05) is 11.3 Å². The van der Waals surface area contributed by atoms with E-state index in [0.717, 1.165) is 10.6 Å². The molecule has 1 aliphatic carbocycles. The van der Waals surface area contributed by atoms with E-state index in [2.05, 4.69) is 136 Å². The quantitative estimate of drug-likeness (QED) is 0.216. The van der Waals surface area contributed by atoms with Crippen molar-refractivity contribution in [2.45, 2.75) is 37.4 Å². The number of para-hydroxylation sites is 1. The largest absolute Gasteiger partial charge is 0.392 e. The van der Waals surface area contributed by atoms with Gasteiger partial charge in [0.25, 0.3) is 0 Å². The molecule has 2 atom stereocenters. The van der Waals surface area contributed by atoms with Crippen LogP contribution in [0.2, 0.25) is 0 Å². The normalized spacial score (nSPS) is 23.8. The fraction of sp³-hybridized carbons (Fsp3) is 0.278. The van der Waals surface area contributed by atoms with Gasteiger partial charge in [0.15, 0.2) is 0 Å². The summed E-state index contributed by atoms with van der Waals surface area (Å²) in [6, 6.07) is 30.1. The van der Waals surface area contributed by atoms with Crippen LogP contribution in [0.1, 0.15) is 30.2 Å². The van der Waals surface area contributed by atoms with Gasteiger partial charge in [-0.15, -0.1) is 22.7 Å². The predicted octanol–water partition coefficient (Wildman–Crippen LogP) is 8.11. The van der Waals surface area contributed by atoms with Gasteiger partial charge >= 0.3 is 0 Å². The van der Waals surface area contributed by atoms with Gasteiger partial charge < -0.3 is 20.0 Å². The Labute approximate surface area is 255 Å². The number of hydrogen-bond donors (Lipinski definition) is 2. The highest BCUT2D eigenvalue weighted by atomic mass is 32.1. The second-order valence-electron chi connectivity index (χ2n) is 12.3. The van der Waals surface area contributed by atoms with Gasteiger partial charge in [0.05, 0.1) is 17.1 Å². The van der Waals surface area contributed by atoms with Crippen molar-refractivity contribution in [3.63, 3.8) is 0 Å². The average Bonchev–Trinajstić information content (AvgIpc) is 3.66. The molecular formula is C36H36N2O2S2. The molecule has 5 aromatic rings. The van der Waals surface area contributed by atoms with Crippen LogP contribution in [0.4, 0.5) is 11.4 Å². The summed E-state index contributed by atoms with van der Waals surface area (Å²) in [5.41, 5.74) is 5.81. The van der Waals surface area contributed by atoms with E-state index in [9.17, 15) is 10.2 Å². The van der Waals surface area contributed by atoms with Crippen molar-refractivity contribution < 1.29 is 10.2 Å². The molecule has 1 fully saturated rings. The summed E-state index contributed by atoms with van der Waals surface area (Å²) in [7, 11) is 6.20. The van der Waals surface area contributed by atoms with Crippen molar-refractivity contribution in [2.24, 2.45) is 5.92 Å². The molecule has 7 rings (SSSR count). The Morgan fingerprint density at radius 1 is 0.786 bits per heavy atom. The molecule has 0 spiro atoms. The maximum Gasteiger partial charge on any atom is 0.0730 e. The first-order chi connectivity index (χ1) is 20.2. The SMILES string of the molecule is CN(C)c1ccc(-c2sc(-c3ccc(C4C(O)C(C=C5N(C)c6ccccc6C5(C)C)C4O)s3)c3ccccc23)cc1. The molecule has 3 aromatic carbocycles. The summed E-state index contributed by atoms with van der Waals surface area (Å²) in [4.78, 5) is 9.04. The van der Waals surface area contributed by atoms with Crippen LogP contribution in [-0.2, 0) is 5.41 Å². The minimum atomic E-state index is -0.627. The van der Waals surface area contributed by atoms with Crippen LogP contribution in [-0.4, -0.2) is 43.6 Å². The molecule has 214 valence electrons. The number of hydrogen-bond acceptors (Lipinski definition) is 6. The molecule has 1 saturated carbocycles. The number of allylic oxidation sites excluding steroid dienone is 1. The van der Waals surface area contributed by atoms with Gasteiger partial charge in [-0.25, -0.2) is 0 Å². The van der Waals surface area contributed by atoms with E-state index in [0.29, 0.717) is 0 Å². The van der Waals surface area contributed by atoms with Crippen molar-refractivity contribution in [1.29, 1.82) is 0 Å². The third-order valence-corrected chi connectivity index (χ3v) is 11.9. The first-order valence-corrected chi connectivity index (χ1v) is 16.1. The summed E-state index contributed by atoms with van der Waals surface area (Å²) in [5.74, 6) is -0.585. The van der Waals surface area contributed by atoms with Crippen LogP contribution < -0.4 is 9.80 Å². The van der Waals surface area contributed by atoms with Crippen molar-refractivity contribution in [2.75, 3.05) is 30.9 Å². The maximum absolute atomic E-state index is 11.4. The number of aliphatic hydroxyl groups excluding tert-OH is 2. The Bertz CT molecular complexity index is 1800. The molecule has 0 radical (unpaired) electrons. The third-order valence-electron chi connectivity index (χ3n) is 9.26. The Morgan fingerprint density at radius 3 is 2.10 bits per heavy atom. The zero-order chi connectivity index (χ0) is 29.3. The minimum absolute atomic E-state index is 0.184. The Hall–Kier alpha value is -3.42. The first kappa shape index (κ1) is 27.4. The summed E-state index contributed by atoms with van der Waals surface area (Å²) < 4.78 is 0. The van der Waals surface area contributed by atoms with Gasteiger partial charge in [-0.3, -0.25) is 0 Å². The highest BCUT2D eigenvalue weighted by Crippen LogP contribution is 2.53. The van der Waals surface area contributed by atoms with Crippen molar-refractivity contribution in [3.05, 3.63) is 107 Å². The zero-order valence-electron chi connectivity index (χ0n) is 24.6. The van der Waals surface area contributed by atoms with Crippen molar-refractivity contribution >= 4 is 44.8 Å². The highest BCUT2D eigenvalue weighted by Gasteiger charge is 2.51. The molecule has 3 heterocycles. The molecule has 42 heavy (non-hydrogen) atoms. The lowest BCUT2D eigenvalue weighted by molar-refractivity contribution is -0.0935. The second-order valence-corrected chi connectivity index (χ2v) is 14.4. The highest BCUT2D eigenvalue weighted by molar-refractivity contribution is 7.25. The lowest BCUT2D eigenvalue weighted by atomic mass is 9.67. The molecule has 0 amide bonds. The van der Waals surface area contributed by atoms with Crippen LogP contribution in [0, 0.1) is 5.92 Å². The molecular weight excluding hydrogens is 557 g/mol. The summed E-state index contributed by atoms with van der Waals surface area (Å²) >= 11 is 3.51. The zero-order valence-corrected chi connectivity index (χ0v) is 26.2. The first-order valence-electron chi connectivity index (χ1n) is 14.5. The lowest BCUT2D eigenvalue weighted by Gasteiger charge is -2.45. The van der Waals surface area contributed by atoms with Gasteiger partial charge in [0, 0.05) is 80.9 Å². The number of rotatable bonds is 5. The second kappa shape index (κ2) is 10.1.